The number of anilines is 1. The normalized spacial score (nSPS) is 15.8. The zero-order valence-corrected chi connectivity index (χ0v) is 14.2. The van der Waals surface area contributed by atoms with E-state index in [-0.39, 0.29) is 12.5 Å². The van der Waals surface area contributed by atoms with Gasteiger partial charge in [-0.3, -0.25) is 4.79 Å². The van der Waals surface area contributed by atoms with Gasteiger partial charge in [0.25, 0.3) is 0 Å². The van der Waals surface area contributed by atoms with Gasteiger partial charge in [-0.05, 0) is 40.9 Å². The SMILES string of the molecule is O=C(CNc1ccc(Br)c(Cl)c1Cl)N1CCCCCC1. The van der Waals surface area contributed by atoms with Crippen LogP contribution in [0.4, 0.5) is 5.69 Å². The molecule has 0 aromatic heterocycles. The van der Waals surface area contributed by atoms with Crippen molar-refractivity contribution in [2.75, 3.05) is 25.0 Å². The number of carbonyl (C=O) groups excluding carboxylic acids is 1. The Morgan fingerprint density at radius 3 is 2.45 bits per heavy atom. The Bertz CT molecular complexity index is 488. The number of nitrogens with one attached hydrogen (secondary N) is 1. The topological polar surface area (TPSA) is 32.3 Å². The second-order valence-electron chi connectivity index (χ2n) is 4.87. The summed E-state index contributed by atoms with van der Waals surface area (Å²) in [5, 5.41) is 3.96. The van der Waals surface area contributed by atoms with Crippen molar-refractivity contribution in [1.29, 1.82) is 0 Å². The molecule has 1 amide bonds. The summed E-state index contributed by atoms with van der Waals surface area (Å²) in [4.78, 5) is 14.1. The molecule has 3 nitrogen and oxygen atoms in total. The highest BCUT2D eigenvalue weighted by molar-refractivity contribution is 9.10. The Morgan fingerprint density at radius 1 is 1.15 bits per heavy atom. The van der Waals surface area contributed by atoms with Crippen molar-refractivity contribution in [3.8, 4) is 0 Å². The van der Waals surface area contributed by atoms with Crippen LogP contribution >= 0.6 is 39.1 Å². The van der Waals surface area contributed by atoms with Crippen LogP contribution in [0.15, 0.2) is 16.6 Å². The predicted octanol–water partition coefficient (Wildman–Crippen LogP) is 4.57. The number of carbonyl (C=O) groups is 1. The molecule has 0 atom stereocenters. The third kappa shape index (κ3) is 4.03. The first-order chi connectivity index (χ1) is 9.59. The van der Waals surface area contributed by atoms with Crippen LogP contribution in [0.5, 0.6) is 0 Å². The number of hydrogen-bond acceptors (Lipinski definition) is 2. The average molecular weight is 380 g/mol. The van der Waals surface area contributed by atoms with Crippen LogP contribution in [0.2, 0.25) is 10.0 Å². The highest BCUT2D eigenvalue weighted by Gasteiger charge is 2.16. The number of nitrogens with zero attached hydrogens (tertiary/aromatic N) is 1. The number of benzene rings is 1. The van der Waals surface area contributed by atoms with E-state index in [9.17, 15) is 4.79 Å². The van der Waals surface area contributed by atoms with Crippen molar-refractivity contribution < 1.29 is 4.79 Å². The van der Waals surface area contributed by atoms with E-state index in [1.54, 1.807) is 0 Å². The largest absolute Gasteiger partial charge is 0.375 e. The first-order valence-electron chi connectivity index (χ1n) is 6.74. The Hall–Kier alpha value is -0.450. The summed E-state index contributed by atoms with van der Waals surface area (Å²) in [7, 11) is 0. The standard InChI is InChI=1S/C14H17BrCl2N2O/c15-10-5-6-11(14(17)13(10)16)18-9-12(20)19-7-3-1-2-4-8-19/h5-6,18H,1-4,7-9H2. The van der Waals surface area contributed by atoms with Crippen molar-refractivity contribution >= 4 is 50.7 Å². The monoisotopic (exact) mass is 378 g/mol. The average Bonchev–Trinajstić information content (AvgIpc) is 2.73. The molecule has 2 rings (SSSR count). The van der Waals surface area contributed by atoms with Gasteiger partial charge in [-0.1, -0.05) is 36.0 Å². The van der Waals surface area contributed by atoms with Crippen LogP contribution in [-0.2, 0) is 4.79 Å². The van der Waals surface area contributed by atoms with Gasteiger partial charge in [0.05, 0.1) is 22.3 Å². The highest BCUT2D eigenvalue weighted by Crippen LogP contribution is 2.35. The van der Waals surface area contributed by atoms with Gasteiger partial charge >= 0.3 is 0 Å². The van der Waals surface area contributed by atoms with Crippen molar-refractivity contribution in [2.24, 2.45) is 0 Å². The Balaban J connectivity index is 1.94. The van der Waals surface area contributed by atoms with Gasteiger partial charge in [0.1, 0.15) is 0 Å². The fourth-order valence-corrected chi connectivity index (χ4v) is 3.11. The number of likely N-dealkylation sites (tertiary alicyclic amines) is 1. The minimum atomic E-state index is 0.113. The maximum absolute atomic E-state index is 12.2. The highest BCUT2D eigenvalue weighted by atomic mass is 79.9. The van der Waals surface area contributed by atoms with Gasteiger partial charge in [-0.25, -0.2) is 0 Å². The molecule has 1 aromatic carbocycles. The minimum Gasteiger partial charge on any atom is -0.375 e. The van der Waals surface area contributed by atoms with E-state index in [0.717, 1.165) is 30.4 Å². The lowest BCUT2D eigenvalue weighted by Crippen LogP contribution is -2.36. The number of hydrogen-bond donors (Lipinski definition) is 1. The van der Waals surface area contributed by atoms with Crippen molar-refractivity contribution in [1.82, 2.24) is 4.90 Å². The van der Waals surface area contributed by atoms with E-state index in [1.807, 2.05) is 17.0 Å². The molecule has 6 heteroatoms. The summed E-state index contributed by atoms with van der Waals surface area (Å²) in [6, 6.07) is 3.63. The molecule has 1 aromatic rings. The Labute approximate surface area is 137 Å². The van der Waals surface area contributed by atoms with Crippen LogP contribution in [0.1, 0.15) is 25.7 Å². The van der Waals surface area contributed by atoms with Gasteiger partial charge in [0, 0.05) is 17.6 Å². The van der Waals surface area contributed by atoms with E-state index in [0.29, 0.717) is 15.7 Å². The molecule has 0 radical (unpaired) electrons. The summed E-state index contributed by atoms with van der Waals surface area (Å²) in [5.41, 5.74) is 0.683. The molecular formula is C14H17BrCl2N2O. The fraction of sp³-hybridized carbons (Fsp3) is 0.500. The van der Waals surface area contributed by atoms with Gasteiger partial charge in [0.2, 0.25) is 5.91 Å². The van der Waals surface area contributed by atoms with E-state index >= 15 is 0 Å². The summed E-state index contributed by atoms with van der Waals surface area (Å²) in [6.07, 6.45) is 4.62. The zero-order chi connectivity index (χ0) is 14.5. The smallest absolute Gasteiger partial charge is 0.241 e. The van der Waals surface area contributed by atoms with Crippen LogP contribution in [-0.4, -0.2) is 30.4 Å². The molecule has 0 unspecified atom stereocenters. The maximum atomic E-state index is 12.2. The number of halogens is 3. The van der Waals surface area contributed by atoms with E-state index < -0.39 is 0 Å². The molecule has 1 fully saturated rings. The molecular weight excluding hydrogens is 363 g/mol. The zero-order valence-electron chi connectivity index (χ0n) is 11.1. The van der Waals surface area contributed by atoms with Crippen molar-refractivity contribution in [2.45, 2.75) is 25.7 Å². The molecule has 0 aliphatic carbocycles. The van der Waals surface area contributed by atoms with Gasteiger partial charge in [0.15, 0.2) is 0 Å². The molecule has 20 heavy (non-hydrogen) atoms. The molecule has 0 spiro atoms. The molecule has 110 valence electrons. The lowest BCUT2D eigenvalue weighted by Gasteiger charge is -2.21. The van der Waals surface area contributed by atoms with Gasteiger partial charge in [-0.15, -0.1) is 0 Å². The quantitative estimate of drug-likeness (QED) is 0.780. The van der Waals surface area contributed by atoms with Crippen LogP contribution in [0, 0.1) is 0 Å². The molecule has 1 N–H and O–H groups in total. The van der Waals surface area contributed by atoms with Crippen LogP contribution in [0.25, 0.3) is 0 Å². The van der Waals surface area contributed by atoms with Crippen LogP contribution < -0.4 is 5.32 Å². The third-order valence-electron chi connectivity index (χ3n) is 3.42. The molecule has 1 aliphatic rings. The lowest BCUT2D eigenvalue weighted by atomic mass is 10.2. The fourth-order valence-electron chi connectivity index (χ4n) is 2.27. The van der Waals surface area contributed by atoms with Crippen LogP contribution in [0.3, 0.4) is 0 Å². The minimum absolute atomic E-state index is 0.113. The third-order valence-corrected chi connectivity index (χ3v) is 5.20. The predicted molar refractivity (Wildman–Crippen MR) is 87.7 cm³/mol. The molecule has 1 saturated heterocycles. The second kappa shape index (κ2) is 7.53. The van der Waals surface area contributed by atoms with Crippen molar-refractivity contribution in [3.05, 3.63) is 26.7 Å². The van der Waals surface area contributed by atoms with Gasteiger partial charge < -0.3 is 10.2 Å². The summed E-state index contributed by atoms with van der Waals surface area (Å²) < 4.78 is 0.744. The summed E-state index contributed by atoms with van der Waals surface area (Å²) in [5.74, 6) is 0.113. The van der Waals surface area contributed by atoms with E-state index in [2.05, 4.69) is 21.2 Å². The lowest BCUT2D eigenvalue weighted by molar-refractivity contribution is -0.129. The first-order valence-corrected chi connectivity index (χ1v) is 8.29. The first kappa shape index (κ1) is 15.9. The van der Waals surface area contributed by atoms with E-state index in [4.69, 9.17) is 23.2 Å². The number of amides is 1. The maximum Gasteiger partial charge on any atom is 0.241 e. The second-order valence-corrected chi connectivity index (χ2v) is 6.48. The van der Waals surface area contributed by atoms with Crippen molar-refractivity contribution in [3.63, 3.8) is 0 Å². The number of rotatable bonds is 3. The summed E-state index contributed by atoms with van der Waals surface area (Å²) in [6.45, 7) is 1.96. The van der Waals surface area contributed by atoms with E-state index in [1.165, 1.54) is 12.8 Å². The molecule has 0 bridgehead atoms. The molecule has 0 saturated carbocycles. The molecule has 1 heterocycles. The Kier molecular flexibility index (Phi) is 6.00. The van der Waals surface area contributed by atoms with Gasteiger partial charge in [-0.2, -0.15) is 0 Å². The summed E-state index contributed by atoms with van der Waals surface area (Å²) >= 11 is 15.5. The Morgan fingerprint density at radius 2 is 1.80 bits per heavy atom. The molecule has 1 aliphatic heterocycles.